The van der Waals surface area contributed by atoms with Crippen LogP contribution >= 0.6 is 11.3 Å². The lowest BCUT2D eigenvalue weighted by molar-refractivity contribution is 0.101. The molecule has 3 N–H and O–H groups in total. The summed E-state index contributed by atoms with van der Waals surface area (Å²) >= 11 is 1.36. The third-order valence-electron chi connectivity index (χ3n) is 3.11. The van der Waals surface area contributed by atoms with Gasteiger partial charge in [0.15, 0.2) is 5.13 Å². The standard InChI is InChI=1S/C15H15N5OS/c16-8-12-10-22-15(18-12)19-14(21)13-6-7-17-20(13)9-11-4-2-1-3-5-11/h1-7,10H,8-9,16H2,(H,18,19,21). The van der Waals surface area contributed by atoms with Gasteiger partial charge in [0, 0.05) is 18.1 Å². The number of hydrogen-bond donors (Lipinski definition) is 2. The van der Waals surface area contributed by atoms with Crippen molar-refractivity contribution in [3.8, 4) is 0 Å². The van der Waals surface area contributed by atoms with Gasteiger partial charge in [0.1, 0.15) is 5.69 Å². The minimum Gasteiger partial charge on any atom is -0.325 e. The quantitative estimate of drug-likeness (QED) is 0.755. The van der Waals surface area contributed by atoms with Crippen molar-refractivity contribution in [2.75, 3.05) is 5.32 Å². The minimum atomic E-state index is -0.230. The van der Waals surface area contributed by atoms with E-state index in [9.17, 15) is 4.79 Å². The van der Waals surface area contributed by atoms with Crippen LogP contribution in [0.25, 0.3) is 0 Å². The lowest BCUT2D eigenvalue weighted by Gasteiger charge is -2.07. The molecule has 0 fully saturated rings. The van der Waals surface area contributed by atoms with Crippen molar-refractivity contribution in [1.29, 1.82) is 0 Å². The highest BCUT2D eigenvalue weighted by atomic mass is 32.1. The van der Waals surface area contributed by atoms with E-state index in [0.29, 0.717) is 23.9 Å². The Bertz CT molecular complexity index is 765. The van der Waals surface area contributed by atoms with Gasteiger partial charge in [-0.2, -0.15) is 5.10 Å². The highest BCUT2D eigenvalue weighted by Gasteiger charge is 2.14. The Morgan fingerprint density at radius 3 is 2.82 bits per heavy atom. The number of anilines is 1. The fourth-order valence-electron chi connectivity index (χ4n) is 2.03. The first-order valence-electron chi connectivity index (χ1n) is 6.78. The van der Waals surface area contributed by atoms with Crippen LogP contribution in [-0.4, -0.2) is 20.7 Å². The van der Waals surface area contributed by atoms with Crippen LogP contribution < -0.4 is 11.1 Å². The number of carbonyl (C=O) groups excluding carboxylic acids is 1. The fourth-order valence-corrected chi connectivity index (χ4v) is 2.75. The van der Waals surface area contributed by atoms with Crippen molar-refractivity contribution >= 4 is 22.4 Å². The Labute approximate surface area is 131 Å². The van der Waals surface area contributed by atoms with Gasteiger partial charge in [0.25, 0.3) is 5.91 Å². The van der Waals surface area contributed by atoms with E-state index in [2.05, 4.69) is 15.4 Å². The zero-order valence-corrected chi connectivity index (χ0v) is 12.6. The Balaban J connectivity index is 1.74. The third kappa shape index (κ3) is 3.21. The molecule has 3 aromatic rings. The van der Waals surface area contributed by atoms with E-state index in [1.165, 1.54) is 11.3 Å². The molecule has 7 heteroatoms. The number of amides is 1. The number of rotatable bonds is 5. The zero-order chi connectivity index (χ0) is 15.4. The molecule has 0 aliphatic heterocycles. The lowest BCUT2D eigenvalue weighted by atomic mass is 10.2. The molecule has 1 aromatic carbocycles. The summed E-state index contributed by atoms with van der Waals surface area (Å²) < 4.78 is 1.67. The summed E-state index contributed by atoms with van der Waals surface area (Å²) in [6.07, 6.45) is 1.62. The SMILES string of the molecule is NCc1csc(NC(=O)c2ccnn2Cc2ccccc2)n1. The predicted molar refractivity (Wildman–Crippen MR) is 85.7 cm³/mol. The van der Waals surface area contributed by atoms with Crippen LogP contribution in [0.3, 0.4) is 0 Å². The van der Waals surface area contributed by atoms with Crippen molar-refractivity contribution in [3.63, 3.8) is 0 Å². The second-order valence-corrected chi connectivity index (χ2v) is 5.52. The average Bonchev–Trinajstić information content (AvgIpc) is 3.17. The fraction of sp³-hybridized carbons (Fsp3) is 0.133. The minimum absolute atomic E-state index is 0.230. The first-order chi connectivity index (χ1) is 10.8. The van der Waals surface area contributed by atoms with Gasteiger partial charge in [-0.15, -0.1) is 11.3 Å². The van der Waals surface area contributed by atoms with Crippen molar-refractivity contribution in [2.45, 2.75) is 13.1 Å². The number of nitrogens with zero attached hydrogens (tertiary/aromatic N) is 3. The lowest BCUT2D eigenvalue weighted by Crippen LogP contribution is -2.18. The summed E-state index contributed by atoms with van der Waals surface area (Å²) in [5.41, 5.74) is 7.86. The molecule has 0 aliphatic rings. The van der Waals surface area contributed by atoms with E-state index < -0.39 is 0 Å². The molecular weight excluding hydrogens is 298 g/mol. The van der Waals surface area contributed by atoms with Gasteiger partial charge in [0.2, 0.25) is 0 Å². The van der Waals surface area contributed by atoms with Crippen molar-refractivity contribution < 1.29 is 4.79 Å². The first-order valence-corrected chi connectivity index (χ1v) is 7.66. The van der Waals surface area contributed by atoms with Crippen LogP contribution in [-0.2, 0) is 13.1 Å². The summed E-state index contributed by atoms with van der Waals surface area (Å²) in [7, 11) is 0. The molecular formula is C15H15N5OS. The Kier molecular flexibility index (Phi) is 4.27. The van der Waals surface area contributed by atoms with Crippen molar-refractivity contribution in [1.82, 2.24) is 14.8 Å². The van der Waals surface area contributed by atoms with E-state index >= 15 is 0 Å². The van der Waals surface area contributed by atoms with Crippen LogP contribution in [0.5, 0.6) is 0 Å². The van der Waals surface area contributed by atoms with Gasteiger partial charge < -0.3 is 5.73 Å². The molecule has 2 aromatic heterocycles. The number of nitrogens with one attached hydrogen (secondary N) is 1. The summed E-state index contributed by atoms with van der Waals surface area (Å²) in [6.45, 7) is 0.904. The Morgan fingerprint density at radius 2 is 2.09 bits per heavy atom. The number of benzene rings is 1. The van der Waals surface area contributed by atoms with Gasteiger partial charge in [-0.05, 0) is 11.6 Å². The zero-order valence-electron chi connectivity index (χ0n) is 11.8. The highest BCUT2D eigenvalue weighted by molar-refractivity contribution is 7.13. The normalized spacial score (nSPS) is 10.6. The van der Waals surface area contributed by atoms with Crippen LogP contribution in [0, 0.1) is 0 Å². The molecule has 22 heavy (non-hydrogen) atoms. The monoisotopic (exact) mass is 313 g/mol. The second kappa shape index (κ2) is 6.50. The molecule has 0 atom stereocenters. The number of aromatic nitrogens is 3. The second-order valence-electron chi connectivity index (χ2n) is 4.66. The van der Waals surface area contributed by atoms with E-state index in [1.54, 1.807) is 16.9 Å². The van der Waals surface area contributed by atoms with Gasteiger partial charge in [0.05, 0.1) is 12.2 Å². The highest BCUT2D eigenvalue weighted by Crippen LogP contribution is 2.16. The smallest absolute Gasteiger partial charge is 0.275 e. The third-order valence-corrected chi connectivity index (χ3v) is 3.91. The number of carbonyl (C=O) groups is 1. The molecule has 1 amide bonds. The van der Waals surface area contributed by atoms with E-state index in [4.69, 9.17) is 5.73 Å². The van der Waals surface area contributed by atoms with Gasteiger partial charge in [-0.3, -0.25) is 14.8 Å². The Hall–Kier alpha value is -2.51. The van der Waals surface area contributed by atoms with Gasteiger partial charge >= 0.3 is 0 Å². The maximum atomic E-state index is 12.3. The maximum absolute atomic E-state index is 12.3. The largest absolute Gasteiger partial charge is 0.325 e. The van der Waals surface area contributed by atoms with E-state index in [1.807, 2.05) is 35.7 Å². The molecule has 6 nitrogen and oxygen atoms in total. The molecule has 2 heterocycles. The average molecular weight is 313 g/mol. The van der Waals surface area contributed by atoms with Crippen LogP contribution in [0.2, 0.25) is 0 Å². The molecule has 0 unspecified atom stereocenters. The van der Waals surface area contributed by atoms with Crippen LogP contribution in [0.15, 0.2) is 48.0 Å². The van der Waals surface area contributed by atoms with Crippen molar-refractivity contribution in [3.05, 3.63) is 64.9 Å². The maximum Gasteiger partial charge on any atom is 0.275 e. The summed E-state index contributed by atoms with van der Waals surface area (Å²) in [4.78, 5) is 16.6. The van der Waals surface area contributed by atoms with E-state index in [-0.39, 0.29) is 5.91 Å². The van der Waals surface area contributed by atoms with E-state index in [0.717, 1.165) is 11.3 Å². The van der Waals surface area contributed by atoms with Crippen LogP contribution in [0.4, 0.5) is 5.13 Å². The first kappa shape index (κ1) is 14.4. The summed E-state index contributed by atoms with van der Waals surface area (Å²) in [5.74, 6) is -0.230. The molecule has 112 valence electrons. The molecule has 3 rings (SSSR count). The number of thiazole rings is 1. The molecule has 0 aliphatic carbocycles. The van der Waals surface area contributed by atoms with Gasteiger partial charge in [-0.25, -0.2) is 4.98 Å². The molecule has 0 bridgehead atoms. The topological polar surface area (TPSA) is 85.8 Å². The van der Waals surface area contributed by atoms with Gasteiger partial charge in [-0.1, -0.05) is 30.3 Å². The molecule has 0 saturated carbocycles. The molecule has 0 saturated heterocycles. The number of hydrogen-bond acceptors (Lipinski definition) is 5. The summed E-state index contributed by atoms with van der Waals surface area (Å²) in [5, 5.41) is 9.36. The molecule has 0 spiro atoms. The van der Waals surface area contributed by atoms with Crippen LogP contribution in [0.1, 0.15) is 21.7 Å². The molecule has 0 radical (unpaired) electrons. The van der Waals surface area contributed by atoms with Crippen molar-refractivity contribution in [2.24, 2.45) is 5.73 Å². The summed E-state index contributed by atoms with van der Waals surface area (Å²) in [6, 6.07) is 11.6. The Morgan fingerprint density at radius 1 is 1.27 bits per heavy atom. The number of nitrogens with two attached hydrogens (primary N) is 1. The predicted octanol–water partition coefficient (Wildman–Crippen LogP) is 2.10.